The fourth-order valence-electron chi connectivity index (χ4n) is 3.01. The van der Waals surface area contributed by atoms with E-state index in [2.05, 4.69) is 15.3 Å². The highest BCUT2D eigenvalue weighted by molar-refractivity contribution is 6.30. The number of rotatable bonds is 9. The van der Waals surface area contributed by atoms with Crippen LogP contribution in [0.5, 0.6) is 11.5 Å². The van der Waals surface area contributed by atoms with E-state index < -0.39 is 5.97 Å². The number of esters is 1. The molecular formula is C23H24ClN3O4. The van der Waals surface area contributed by atoms with Crippen molar-refractivity contribution in [1.82, 2.24) is 9.97 Å². The molecule has 1 heterocycles. The summed E-state index contributed by atoms with van der Waals surface area (Å²) in [5.74, 6) is 1.54. The van der Waals surface area contributed by atoms with Gasteiger partial charge in [-0.2, -0.15) is 0 Å². The maximum absolute atomic E-state index is 12.4. The Labute approximate surface area is 186 Å². The van der Waals surface area contributed by atoms with Gasteiger partial charge in [-0.3, -0.25) is 0 Å². The minimum absolute atomic E-state index is 0.262. The van der Waals surface area contributed by atoms with Gasteiger partial charge in [-0.25, -0.2) is 14.8 Å². The molecule has 162 valence electrons. The van der Waals surface area contributed by atoms with Gasteiger partial charge in [0.05, 0.1) is 20.8 Å². The third-order valence-electron chi connectivity index (χ3n) is 4.52. The van der Waals surface area contributed by atoms with Crippen LogP contribution in [0.25, 0.3) is 11.4 Å². The van der Waals surface area contributed by atoms with Gasteiger partial charge in [-0.1, -0.05) is 23.7 Å². The minimum atomic E-state index is -0.480. The Morgan fingerprint density at radius 3 is 2.61 bits per heavy atom. The predicted octanol–water partition coefficient (Wildman–Crippen LogP) is 4.65. The van der Waals surface area contributed by atoms with E-state index in [0.29, 0.717) is 41.1 Å². The number of nitrogens with zero attached hydrogens (tertiary/aromatic N) is 2. The normalized spacial score (nSPS) is 10.5. The average molecular weight is 442 g/mol. The van der Waals surface area contributed by atoms with Crippen molar-refractivity contribution in [2.75, 3.05) is 32.7 Å². The van der Waals surface area contributed by atoms with E-state index in [1.807, 2.05) is 30.3 Å². The van der Waals surface area contributed by atoms with Crippen molar-refractivity contribution in [2.24, 2.45) is 0 Å². The second kappa shape index (κ2) is 10.6. The number of carbonyl (C=O) groups is 1. The summed E-state index contributed by atoms with van der Waals surface area (Å²) in [7, 11) is 3.14. The number of halogens is 1. The Hall–Kier alpha value is -3.32. The molecule has 0 aliphatic heterocycles. The maximum Gasteiger partial charge on any atom is 0.343 e. The molecule has 1 N–H and O–H groups in total. The molecule has 31 heavy (non-hydrogen) atoms. The van der Waals surface area contributed by atoms with Crippen LogP contribution in [0.15, 0.2) is 48.7 Å². The van der Waals surface area contributed by atoms with Crippen molar-refractivity contribution < 1.29 is 19.0 Å². The lowest BCUT2D eigenvalue weighted by atomic mass is 10.1. The monoisotopic (exact) mass is 441 g/mol. The van der Waals surface area contributed by atoms with Crippen LogP contribution in [0.2, 0.25) is 5.02 Å². The van der Waals surface area contributed by atoms with Crippen molar-refractivity contribution in [3.8, 4) is 22.9 Å². The van der Waals surface area contributed by atoms with Crippen molar-refractivity contribution >= 4 is 23.4 Å². The summed E-state index contributed by atoms with van der Waals surface area (Å²) >= 11 is 6.06. The van der Waals surface area contributed by atoms with Gasteiger partial charge in [-0.15, -0.1) is 0 Å². The third kappa shape index (κ3) is 5.64. The number of benzene rings is 2. The lowest BCUT2D eigenvalue weighted by molar-refractivity contribution is 0.0526. The van der Waals surface area contributed by atoms with Crippen LogP contribution in [0.4, 0.5) is 5.82 Å². The van der Waals surface area contributed by atoms with Crippen LogP contribution < -0.4 is 14.8 Å². The molecule has 0 spiro atoms. The second-order valence-electron chi connectivity index (χ2n) is 6.55. The highest BCUT2D eigenvalue weighted by Gasteiger charge is 2.17. The zero-order chi connectivity index (χ0) is 22.2. The molecule has 3 rings (SSSR count). The largest absolute Gasteiger partial charge is 0.493 e. The fourth-order valence-corrected chi connectivity index (χ4v) is 3.22. The molecule has 2 aromatic carbocycles. The number of carbonyl (C=O) groups excluding carboxylic acids is 1. The first-order valence-corrected chi connectivity index (χ1v) is 10.2. The minimum Gasteiger partial charge on any atom is -0.493 e. The van der Waals surface area contributed by atoms with E-state index in [0.717, 1.165) is 11.1 Å². The highest BCUT2D eigenvalue weighted by atomic mass is 35.5. The number of nitrogens with one attached hydrogen (secondary N) is 1. The molecule has 0 aliphatic rings. The molecule has 0 saturated carbocycles. The summed E-state index contributed by atoms with van der Waals surface area (Å²) in [6.45, 7) is 2.57. The summed E-state index contributed by atoms with van der Waals surface area (Å²) < 4.78 is 15.8. The van der Waals surface area contributed by atoms with Crippen molar-refractivity contribution in [1.29, 1.82) is 0 Å². The van der Waals surface area contributed by atoms with Gasteiger partial charge in [0.15, 0.2) is 17.3 Å². The Bertz CT molecular complexity index is 1060. The smallest absolute Gasteiger partial charge is 0.343 e. The molecule has 0 aliphatic carbocycles. The summed E-state index contributed by atoms with van der Waals surface area (Å²) in [4.78, 5) is 21.3. The van der Waals surface area contributed by atoms with Crippen LogP contribution in [0.3, 0.4) is 0 Å². The van der Waals surface area contributed by atoms with Crippen LogP contribution in [0.1, 0.15) is 22.8 Å². The molecule has 0 atom stereocenters. The van der Waals surface area contributed by atoms with Gasteiger partial charge < -0.3 is 19.5 Å². The van der Waals surface area contributed by atoms with E-state index in [1.165, 1.54) is 6.20 Å². The van der Waals surface area contributed by atoms with E-state index in [-0.39, 0.29) is 12.2 Å². The van der Waals surface area contributed by atoms with Gasteiger partial charge >= 0.3 is 5.97 Å². The van der Waals surface area contributed by atoms with Gasteiger partial charge in [0.1, 0.15) is 11.4 Å². The van der Waals surface area contributed by atoms with Crippen LogP contribution in [0, 0.1) is 0 Å². The SMILES string of the molecule is CCOC(=O)c1cnc(-c2ccc(OC)c(OC)c2)nc1NCCc1cccc(Cl)c1. The Morgan fingerprint density at radius 2 is 1.90 bits per heavy atom. The van der Waals surface area contributed by atoms with Crippen molar-refractivity contribution in [3.63, 3.8) is 0 Å². The summed E-state index contributed by atoms with van der Waals surface area (Å²) in [6, 6.07) is 13.0. The Kier molecular flexibility index (Phi) is 7.67. The molecule has 0 amide bonds. The average Bonchev–Trinajstić information content (AvgIpc) is 2.78. The fraction of sp³-hybridized carbons (Fsp3) is 0.261. The van der Waals surface area contributed by atoms with Gasteiger partial charge in [0.25, 0.3) is 0 Å². The highest BCUT2D eigenvalue weighted by Crippen LogP contribution is 2.31. The standard InChI is InChI=1S/C23H24ClN3O4/c1-4-31-23(28)18-14-26-21(16-8-9-19(29-2)20(13-16)30-3)27-22(18)25-11-10-15-6-5-7-17(24)12-15/h5-9,12-14H,4,10-11H2,1-3H3,(H,25,26,27). The molecule has 0 bridgehead atoms. The van der Waals surface area contributed by atoms with Gasteiger partial charge in [0.2, 0.25) is 0 Å². The van der Waals surface area contributed by atoms with E-state index in [4.69, 9.17) is 25.8 Å². The van der Waals surface area contributed by atoms with Crippen LogP contribution in [-0.4, -0.2) is 43.3 Å². The number of hydrogen-bond donors (Lipinski definition) is 1. The summed E-state index contributed by atoms with van der Waals surface area (Å²) in [6.07, 6.45) is 2.18. The first-order chi connectivity index (χ1) is 15.0. The zero-order valence-electron chi connectivity index (χ0n) is 17.6. The van der Waals surface area contributed by atoms with Crippen LogP contribution >= 0.6 is 11.6 Å². The van der Waals surface area contributed by atoms with Gasteiger partial charge in [0, 0.05) is 23.3 Å². The number of ether oxygens (including phenoxy) is 3. The summed E-state index contributed by atoms with van der Waals surface area (Å²) in [5.41, 5.74) is 2.08. The maximum atomic E-state index is 12.4. The lowest BCUT2D eigenvalue weighted by Crippen LogP contribution is -2.14. The van der Waals surface area contributed by atoms with Gasteiger partial charge in [-0.05, 0) is 49.2 Å². The Balaban J connectivity index is 1.88. The third-order valence-corrected chi connectivity index (χ3v) is 4.76. The Morgan fingerprint density at radius 1 is 1.10 bits per heavy atom. The number of anilines is 1. The zero-order valence-corrected chi connectivity index (χ0v) is 18.4. The van der Waals surface area contributed by atoms with E-state index in [1.54, 1.807) is 33.3 Å². The lowest BCUT2D eigenvalue weighted by Gasteiger charge is -2.13. The molecule has 7 nitrogen and oxygen atoms in total. The first-order valence-electron chi connectivity index (χ1n) is 9.80. The number of methoxy groups -OCH3 is 2. The molecule has 0 saturated heterocycles. The molecule has 0 fully saturated rings. The van der Waals surface area contributed by atoms with E-state index in [9.17, 15) is 4.79 Å². The molecule has 3 aromatic rings. The number of hydrogen-bond acceptors (Lipinski definition) is 7. The summed E-state index contributed by atoms with van der Waals surface area (Å²) in [5, 5.41) is 3.91. The molecule has 8 heteroatoms. The quantitative estimate of drug-likeness (QED) is 0.484. The van der Waals surface area contributed by atoms with Crippen molar-refractivity contribution in [3.05, 3.63) is 64.8 Å². The first kappa shape index (κ1) is 22.4. The van der Waals surface area contributed by atoms with Crippen LogP contribution in [-0.2, 0) is 11.2 Å². The topological polar surface area (TPSA) is 82.6 Å². The van der Waals surface area contributed by atoms with Crippen molar-refractivity contribution in [2.45, 2.75) is 13.3 Å². The van der Waals surface area contributed by atoms with E-state index >= 15 is 0 Å². The molecular weight excluding hydrogens is 418 g/mol. The predicted molar refractivity (Wildman–Crippen MR) is 120 cm³/mol. The molecule has 0 unspecified atom stereocenters. The molecule has 1 aromatic heterocycles. The number of aromatic nitrogens is 2. The molecule has 0 radical (unpaired) electrons. The second-order valence-corrected chi connectivity index (χ2v) is 6.99.